The predicted molar refractivity (Wildman–Crippen MR) is 81.8 cm³/mol. The summed E-state index contributed by atoms with van der Waals surface area (Å²) in [4.78, 5) is 25.9. The predicted octanol–water partition coefficient (Wildman–Crippen LogP) is -0.00790. The molecule has 1 aromatic rings. The van der Waals surface area contributed by atoms with E-state index in [9.17, 15) is 9.59 Å². The molecule has 9 heteroatoms. The van der Waals surface area contributed by atoms with Gasteiger partial charge >= 0.3 is 0 Å². The van der Waals surface area contributed by atoms with Gasteiger partial charge in [-0.25, -0.2) is 4.68 Å². The van der Waals surface area contributed by atoms with Crippen molar-refractivity contribution in [1.29, 1.82) is 0 Å². The highest BCUT2D eigenvalue weighted by atomic mass is 16.7. The van der Waals surface area contributed by atoms with E-state index >= 15 is 0 Å². The van der Waals surface area contributed by atoms with Crippen LogP contribution < -0.4 is 5.32 Å². The van der Waals surface area contributed by atoms with E-state index in [0.29, 0.717) is 45.0 Å². The van der Waals surface area contributed by atoms with Crippen LogP contribution >= 0.6 is 0 Å². The lowest BCUT2D eigenvalue weighted by Crippen LogP contribution is -2.48. The minimum atomic E-state index is -0.482. The molecule has 2 saturated heterocycles. The maximum absolute atomic E-state index is 12.4. The molecule has 1 N–H and O–H groups in total. The van der Waals surface area contributed by atoms with E-state index < -0.39 is 5.79 Å². The Bertz CT molecular complexity index is 626. The van der Waals surface area contributed by atoms with Crippen LogP contribution in [-0.2, 0) is 25.6 Å². The van der Waals surface area contributed by atoms with E-state index in [0.717, 1.165) is 12.8 Å². The monoisotopic (exact) mass is 335 g/mol. The Balaban J connectivity index is 1.28. The van der Waals surface area contributed by atoms with E-state index in [1.165, 1.54) is 4.68 Å². The molecule has 24 heavy (non-hydrogen) atoms. The Labute approximate surface area is 139 Å². The second-order valence-electron chi connectivity index (χ2n) is 6.55. The second-order valence-corrected chi connectivity index (χ2v) is 6.55. The average Bonchev–Trinajstić information content (AvgIpc) is 3.21. The number of nitrogens with zero attached hydrogens (tertiary/aromatic N) is 4. The molecule has 1 saturated carbocycles. The van der Waals surface area contributed by atoms with Gasteiger partial charge in [-0.2, -0.15) is 0 Å². The number of carbonyl (C=O) groups excluding carboxylic acids is 2. The minimum Gasteiger partial charge on any atom is -0.347 e. The molecule has 0 bridgehead atoms. The molecule has 2 amide bonds. The molecular formula is C15H21N5O4. The summed E-state index contributed by atoms with van der Waals surface area (Å²) in [6, 6.07) is 0. The van der Waals surface area contributed by atoms with Gasteiger partial charge in [-0.1, -0.05) is 5.21 Å². The lowest BCUT2D eigenvalue weighted by molar-refractivity contribution is -0.187. The van der Waals surface area contributed by atoms with Gasteiger partial charge in [0.2, 0.25) is 11.8 Å². The summed E-state index contributed by atoms with van der Waals surface area (Å²) in [5.74, 6) is -0.0220. The van der Waals surface area contributed by atoms with Crippen molar-refractivity contribution in [1.82, 2.24) is 19.9 Å². The number of ether oxygens (including phenoxy) is 2. The van der Waals surface area contributed by atoms with Gasteiger partial charge in [0.1, 0.15) is 6.54 Å². The molecule has 3 fully saturated rings. The van der Waals surface area contributed by atoms with E-state index in [-0.39, 0.29) is 24.3 Å². The molecule has 1 aliphatic carbocycles. The highest BCUT2D eigenvalue weighted by Crippen LogP contribution is 2.31. The van der Waals surface area contributed by atoms with Crippen LogP contribution in [0.3, 0.4) is 0 Å². The van der Waals surface area contributed by atoms with Gasteiger partial charge in [0.05, 0.1) is 19.4 Å². The number of carbonyl (C=O) groups is 2. The molecule has 4 rings (SSSR count). The van der Waals surface area contributed by atoms with Crippen LogP contribution in [0.15, 0.2) is 6.20 Å². The van der Waals surface area contributed by atoms with Crippen molar-refractivity contribution in [2.75, 3.05) is 31.6 Å². The van der Waals surface area contributed by atoms with Gasteiger partial charge in [-0.3, -0.25) is 9.59 Å². The quantitative estimate of drug-likeness (QED) is 0.831. The van der Waals surface area contributed by atoms with Crippen molar-refractivity contribution in [3.8, 4) is 0 Å². The van der Waals surface area contributed by atoms with Gasteiger partial charge in [0.15, 0.2) is 11.6 Å². The van der Waals surface area contributed by atoms with Crippen molar-refractivity contribution in [2.45, 2.75) is 38.0 Å². The number of amides is 2. The number of hydrogen-bond donors (Lipinski definition) is 1. The summed E-state index contributed by atoms with van der Waals surface area (Å²) in [6.45, 7) is 2.59. The fourth-order valence-corrected chi connectivity index (χ4v) is 3.13. The maximum Gasteiger partial charge on any atom is 0.244 e. The lowest BCUT2D eigenvalue weighted by atomic mass is 10.0. The summed E-state index contributed by atoms with van der Waals surface area (Å²) in [7, 11) is 0. The number of rotatable bonds is 4. The number of anilines is 1. The van der Waals surface area contributed by atoms with Crippen molar-refractivity contribution < 1.29 is 19.1 Å². The number of aromatic nitrogens is 3. The molecule has 0 aromatic carbocycles. The zero-order chi connectivity index (χ0) is 16.6. The topological polar surface area (TPSA) is 98.6 Å². The fraction of sp³-hybridized carbons (Fsp3) is 0.733. The van der Waals surface area contributed by atoms with E-state index in [4.69, 9.17) is 9.47 Å². The van der Waals surface area contributed by atoms with Crippen LogP contribution in [0.5, 0.6) is 0 Å². The molecule has 0 atom stereocenters. The minimum absolute atomic E-state index is 0.0205. The van der Waals surface area contributed by atoms with Crippen LogP contribution in [0, 0.1) is 5.92 Å². The Kier molecular flexibility index (Phi) is 3.97. The molecular weight excluding hydrogens is 314 g/mol. The van der Waals surface area contributed by atoms with Crippen molar-refractivity contribution in [3.63, 3.8) is 0 Å². The highest BCUT2D eigenvalue weighted by molar-refractivity contribution is 5.93. The molecule has 3 heterocycles. The molecule has 130 valence electrons. The van der Waals surface area contributed by atoms with Crippen LogP contribution in [-0.4, -0.2) is 63.8 Å². The van der Waals surface area contributed by atoms with Gasteiger partial charge in [-0.15, -0.1) is 5.10 Å². The van der Waals surface area contributed by atoms with Gasteiger partial charge in [0.25, 0.3) is 0 Å². The molecule has 1 spiro atoms. The standard InChI is InChI=1S/C15H21N5O4/c21-13(19-5-3-15(4-6-19)23-7-8-24-15)10-20-9-12(17-18-20)16-14(22)11-1-2-11/h9,11H,1-8,10H2,(H,16,22). The zero-order valence-corrected chi connectivity index (χ0v) is 13.4. The normalized spacial score (nSPS) is 22.8. The van der Waals surface area contributed by atoms with Crippen LogP contribution in [0.4, 0.5) is 5.82 Å². The molecule has 9 nitrogen and oxygen atoms in total. The van der Waals surface area contributed by atoms with Crippen molar-refractivity contribution >= 4 is 17.6 Å². The number of hydrogen-bond acceptors (Lipinski definition) is 6. The number of nitrogens with one attached hydrogen (secondary N) is 1. The Morgan fingerprint density at radius 2 is 1.96 bits per heavy atom. The molecule has 0 radical (unpaired) electrons. The van der Waals surface area contributed by atoms with Gasteiger partial charge in [0, 0.05) is 31.8 Å². The summed E-state index contributed by atoms with van der Waals surface area (Å²) < 4.78 is 12.8. The van der Waals surface area contributed by atoms with Gasteiger partial charge in [-0.05, 0) is 12.8 Å². The molecule has 0 unspecified atom stereocenters. The van der Waals surface area contributed by atoms with Crippen molar-refractivity contribution in [2.24, 2.45) is 5.92 Å². The first kappa shape index (κ1) is 15.5. The van der Waals surface area contributed by atoms with Gasteiger partial charge < -0.3 is 19.7 Å². The summed E-state index contributed by atoms with van der Waals surface area (Å²) in [5, 5.41) is 10.5. The summed E-state index contributed by atoms with van der Waals surface area (Å²) in [6.07, 6.45) is 4.84. The molecule has 3 aliphatic rings. The first-order valence-electron chi connectivity index (χ1n) is 8.40. The van der Waals surface area contributed by atoms with Crippen LogP contribution in [0.1, 0.15) is 25.7 Å². The molecule has 2 aliphatic heterocycles. The zero-order valence-electron chi connectivity index (χ0n) is 13.4. The third-order valence-corrected chi connectivity index (χ3v) is 4.73. The molecule has 1 aromatic heterocycles. The first-order chi connectivity index (χ1) is 11.6. The first-order valence-corrected chi connectivity index (χ1v) is 8.40. The smallest absolute Gasteiger partial charge is 0.244 e. The third-order valence-electron chi connectivity index (χ3n) is 4.73. The van der Waals surface area contributed by atoms with Crippen LogP contribution in [0.2, 0.25) is 0 Å². The largest absolute Gasteiger partial charge is 0.347 e. The Morgan fingerprint density at radius 3 is 2.62 bits per heavy atom. The summed E-state index contributed by atoms with van der Waals surface area (Å²) >= 11 is 0. The number of likely N-dealkylation sites (tertiary alicyclic amines) is 1. The van der Waals surface area contributed by atoms with E-state index in [2.05, 4.69) is 15.6 Å². The SMILES string of the molecule is O=C(Nc1cn(CC(=O)N2CCC3(CC2)OCCO3)nn1)C1CC1. The Hall–Kier alpha value is -2.00. The Morgan fingerprint density at radius 1 is 1.25 bits per heavy atom. The van der Waals surface area contributed by atoms with Crippen LogP contribution in [0.25, 0.3) is 0 Å². The van der Waals surface area contributed by atoms with Crippen molar-refractivity contribution in [3.05, 3.63) is 6.20 Å². The second kappa shape index (κ2) is 6.14. The maximum atomic E-state index is 12.4. The highest BCUT2D eigenvalue weighted by Gasteiger charge is 2.40. The number of piperidine rings is 1. The third kappa shape index (κ3) is 3.27. The fourth-order valence-electron chi connectivity index (χ4n) is 3.13. The lowest BCUT2D eigenvalue weighted by Gasteiger charge is -2.37. The van der Waals surface area contributed by atoms with E-state index in [1.54, 1.807) is 11.1 Å². The summed E-state index contributed by atoms with van der Waals surface area (Å²) in [5.41, 5.74) is 0. The van der Waals surface area contributed by atoms with E-state index in [1.807, 2.05) is 0 Å². The average molecular weight is 335 g/mol.